The number of anilines is 1. The molecule has 0 saturated carbocycles. The molecule has 0 unspecified atom stereocenters. The number of pyridine rings is 1. The lowest BCUT2D eigenvalue weighted by molar-refractivity contribution is 0.561. The monoisotopic (exact) mass is 252 g/mol. The number of rotatable bonds is 3. The van der Waals surface area contributed by atoms with Crippen LogP contribution in [0.4, 0.5) is 5.69 Å². The summed E-state index contributed by atoms with van der Waals surface area (Å²) < 4.78 is 5.14. The van der Waals surface area contributed by atoms with E-state index in [1.165, 1.54) is 6.07 Å². The van der Waals surface area contributed by atoms with E-state index in [2.05, 4.69) is 10.3 Å². The van der Waals surface area contributed by atoms with E-state index in [-0.39, 0.29) is 5.63 Å². The molecule has 0 amide bonds. The lowest BCUT2D eigenvalue weighted by atomic mass is 10.2. The first-order chi connectivity index (χ1) is 9.33. The van der Waals surface area contributed by atoms with Crippen molar-refractivity contribution in [3.63, 3.8) is 0 Å². The molecule has 0 spiro atoms. The van der Waals surface area contributed by atoms with E-state index in [1.807, 2.05) is 36.4 Å². The molecule has 3 rings (SSSR count). The Morgan fingerprint density at radius 3 is 2.79 bits per heavy atom. The van der Waals surface area contributed by atoms with E-state index >= 15 is 0 Å². The molecule has 94 valence electrons. The van der Waals surface area contributed by atoms with Crippen LogP contribution in [0.3, 0.4) is 0 Å². The van der Waals surface area contributed by atoms with Crippen molar-refractivity contribution in [3.8, 4) is 0 Å². The average Bonchev–Trinajstić information content (AvgIpc) is 2.45. The quantitative estimate of drug-likeness (QED) is 0.728. The van der Waals surface area contributed by atoms with Gasteiger partial charge in [-0.15, -0.1) is 0 Å². The zero-order valence-corrected chi connectivity index (χ0v) is 10.2. The summed E-state index contributed by atoms with van der Waals surface area (Å²) in [6, 6.07) is 14.6. The van der Waals surface area contributed by atoms with Gasteiger partial charge in [0.25, 0.3) is 0 Å². The fraction of sp³-hybridized carbons (Fsp3) is 0.0667. The first-order valence-corrected chi connectivity index (χ1v) is 5.99. The molecule has 19 heavy (non-hydrogen) atoms. The van der Waals surface area contributed by atoms with Crippen molar-refractivity contribution in [3.05, 3.63) is 70.8 Å². The maximum Gasteiger partial charge on any atom is 0.338 e. The van der Waals surface area contributed by atoms with Gasteiger partial charge < -0.3 is 9.73 Å². The number of benzene rings is 1. The molecule has 0 bridgehead atoms. The summed E-state index contributed by atoms with van der Waals surface area (Å²) in [7, 11) is 0. The smallest absolute Gasteiger partial charge is 0.338 e. The van der Waals surface area contributed by atoms with Gasteiger partial charge in [0.05, 0.1) is 17.9 Å². The van der Waals surface area contributed by atoms with E-state index in [4.69, 9.17) is 4.42 Å². The van der Waals surface area contributed by atoms with Gasteiger partial charge in [-0.25, -0.2) is 4.79 Å². The lowest BCUT2D eigenvalue weighted by Crippen LogP contribution is -2.05. The molecule has 1 N–H and O–H groups in total. The van der Waals surface area contributed by atoms with Gasteiger partial charge in [-0.1, -0.05) is 18.2 Å². The van der Waals surface area contributed by atoms with E-state index in [9.17, 15) is 4.79 Å². The van der Waals surface area contributed by atoms with Crippen LogP contribution in [-0.4, -0.2) is 4.98 Å². The molecule has 0 fully saturated rings. The molecular formula is C15H12N2O2. The summed E-state index contributed by atoms with van der Waals surface area (Å²) in [5.41, 5.74) is 1.90. The fourth-order valence-corrected chi connectivity index (χ4v) is 1.95. The van der Waals surface area contributed by atoms with Crippen molar-refractivity contribution in [2.75, 3.05) is 5.32 Å². The van der Waals surface area contributed by atoms with E-state index in [0.717, 1.165) is 16.8 Å². The van der Waals surface area contributed by atoms with E-state index in [0.29, 0.717) is 12.1 Å². The van der Waals surface area contributed by atoms with Gasteiger partial charge >= 0.3 is 5.63 Å². The third kappa shape index (κ3) is 2.47. The normalized spacial score (nSPS) is 10.5. The second-order valence-corrected chi connectivity index (χ2v) is 4.15. The van der Waals surface area contributed by atoms with E-state index in [1.54, 1.807) is 12.3 Å². The van der Waals surface area contributed by atoms with Crippen molar-refractivity contribution < 1.29 is 4.42 Å². The van der Waals surface area contributed by atoms with Gasteiger partial charge in [0.15, 0.2) is 0 Å². The minimum Gasteiger partial charge on any atom is -0.423 e. The van der Waals surface area contributed by atoms with Crippen molar-refractivity contribution in [1.82, 2.24) is 4.98 Å². The minimum atomic E-state index is -0.359. The van der Waals surface area contributed by atoms with Crippen LogP contribution in [0.1, 0.15) is 5.69 Å². The maximum absolute atomic E-state index is 11.5. The Kier molecular flexibility index (Phi) is 2.98. The van der Waals surface area contributed by atoms with Crippen molar-refractivity contribution in [2.24, 2.45) is 0 Å². The summed E-state index contributed by atoms with van der Waals surface area (Å²) in [6.45, 7) is 0.564. The van der Waals surface area contributed by atoms with Crippen LogP contribution in [0.15, 0.2) is 63.9 Å². The maximum atomic E-state index is 11.5. The van der Waals surface area contributed by atoms with E-state index < -0.39 is 0 Å². The first kappa shape index (κ1) is 11.5. The van der Waals surface area contributed by atoms with Crippen molar-refractivity contribution >= 4 is 16.7 Å². The number of hydrogen-bond donors (Lipinski definition) is 1. The second-order valence-electron chi connectivity index (χ2n) is 4.15. The Labute approximate surface area is 109 Å². The summed E-state index contributed by atoms with van der Waals surface area (Å²) in [6.07, 6.45) is 1.74. The van der Waals surface area contributed by atoms with Crippen LogP contribution in [0.5, 0.6) is 0 Å². The summed E-state index contributed by atoms with van der Waals surface area (Å²) in [4.78, 5) is 15.7. The van der Waals surface area contributed by atoms with Gasteiger partial charge in [-0.2, -0.15) is 0 Å². The van der Waals surface area contributed by atoms with Crippen LogP contribution in [0.2, 0.25) is 0 Å². The number of hydrogen-bond acceptors (Lipinski definition) is 4. The largest absolute Gasteiger partial charge is 0.423 e. The minimum absolute atomic E-state index is 0.359. The third-order valence-corrected chi connectivity index (χ3v) is 2.84. The molecule has 2 aromatic heterocycles. The molecule has 0 atom stereocenters. The molecule has 0 aliphatic rings. The lowest BCUT2D eigenvalue weighted by Gasteiger charge is -2.08. The molecule has 0 aliphatic carbocycles. The summed E-state index contributed by atoms with van der Waals surface area (Å²) in [5.74, 6) is 0. The molecule has 3 aromatic rings. The van der Waals surface area contributed by atoms with Crippen LogP contribution < -0.4 is 10.9 Å². The molecule has 0 radical (unpaired) electrons. The highest BCUT2D eigenvalue weighted by molar-refractivity contribution is 5.89. The van der Waals surface area contributed by atoms with Gasteiger partial charge in [0, 0.05) is 17.6 Å². The van der Waals surface area contributed by atoms with Crippen LogP contribution >= 0.6 is 0 Å². The highest BCUT2D eigenvalue weighted by Crippen LogP contribution is 2.21. The Hall–Kier alpha value is -2.62. The standard InChI is InChI=1S/C15H12N2O2/c18-15-9-13(12-6-1-2-7-14(12)19-15)17-10-11-5-3-4-8-16-11/h1-9,17H,10H2. The summed E-state index contributed by atoms with van der Waals surface area (Å²) in [5, 5.41) is 4.11. The van der Waals surface area contributed by atoms with Gasteiger partial charge in [0.1, 0.15) is 5.58 Å². The SMILES string of the molecule is O=c1cc(NCc2ccccn2)c2ccccc2o1. The van der Waals surface area contributed by atoms with Crippen molar-refractivity contribution in [1.29, 1.82) is 0 Å². The van der Waals surface area contributed by atoms with Crippen LogP contribution in [0, 0.1) is 0 Å². The highest BCUT2D eigenvalue weighted by Gasteiger charge is 2.04. The zero-order valence-electron chi connectivity index (χ0n) is 10.2. The van der Waals surface area contributed by atoms with Gasteiger partial charge in [-0.05, 0) is 24.3 Å². The van der Waals surface area contributed by atoms with Gasteiger partial charge in [-0.3, -0.25) is 4.98 Å². The van der Waals surface area contributed by atoms with Crippen LogP contribution in [-0.2, 0) is 6.54 Å². The number of nitrogens with zero attached hydrogens (tertiary/aromatic N) is 1. The topological polar surface area (TPSA) is 55.1 Å². The predicted molar refractivity (Wildman–Crippen MR) is 74.0 cm³/mol. The Morgan fingerprint density at radius 2 is 1.95 bits per heavy atom. The number of fused-ring (bicyclic) bond motifs is 1. The molecule has 4 heteroatoms. The Balaban J connectivity index is 1.94. The molecule has 0 aliphatic heterocycles. The number of nitrogens with one attached hydrogen (secondary N) is 1. The molecule has 4 nitrogen and oxygen atoms in total. The fourth-order valence-electron chi connectivity index (χ4n) is 1.95. The third-order valence-electron chi connectivity index (χ3n) is 2.84. The number of aromatic nitrogens is 1. The first-order valence-electron chi connectivity index (χ1n) is 5.99. The number of para-hydroxylation sites is 1. The summed E-state index contributed by atoms with van der Waals surface area (Å²) >= 11 is 0. The Morgan fingerprint density at radius 1 is 1.11 bits per heavy atom. The average molecular weight is 252 g/mol. The predicted octanol–water partition coefficient (Wildman–Crippen LogP) is 2.80. The molecule has 2 heterocycles. The molecule has 1 aromatic carbocycles. The second kappa shape index (κ2) is 4.94. The zero-order chi connectivity index (χ0) is 13.1. The molecule has 0 saturated heterocycles. The Bertz CT molecular complexity index is 751. The highest BCUT2D eigenvalue weighted by atomic mass is 16.4. The van der Waals surface area contributed by atoms with Crippen LogP contribution in [0.25, 0.3) is 11.0 Å². The van der Waals surface area contributed by atoms with Crippen molar-refractivity contribution in [2.45, 2.75) is 6.54 Å². The molecular weight excluding hydrogens is 240 g/mol. The van der Waals surface area contributed by atoms with Gasteiger partial charge in [0.2, 0.25) is 0 Å².